The minimum Gasteiger partial charge on any atom is -0.476 e. The molecule has 0 spiro atoms. The monoisotopic (exact) mass is 232 g/mol. The van der Waals surface area contributed by atoms with Crippen molar-refractivity contribution < 1.29 is 9.90 Å². The summed E-state index contributed by atoms with van der Waals surface area (Å²) in [7, 11) is 0. The van der Waals surface area contributed by atoms with Crippen LogP contribution in [0.2, 0.25) is 0 Å². The Morgan fingerprint density at radius 1 is 1.53 bits per heavy atom. The van der Waals surface area contributed by atoms with Crippen LogP contribution in [-0.2, 0) is 0 Å². The second-order valence-corrected chi connectivity index (χ2v) is 3.90. The summed E-state index contributed by atoms with van der Waals surface area (Å²) >= 11 is 0. The predicted molar refractivity (Wildman–Crippen MR) is 59.6 cm³/mol. The van der Waals surface area contributed by atoms with Gasteiger partial charge >= 0.3 is 5.97 Å². The number of anilines is 1. The molecule has 0 amide bonds. The molecule has 0 aromatic carbocycles. The van der Waals surface area contributed by atoms with Crippen molar-refractivity contribution in [3.63, 3.8) is 0 Å². The Balaban J connectivity index is 2.13. The number of carbonyl (C=O) groups is 1. The van der Waals surface area contributed by atoms with E-state index >= 15 is 0 Å². The van der Waals surface area contributed by atoms with Gasteiger partial charge in [0.05, 0.1) is 24.9 Å². The van der Waals surface area contributed by atoms with Gasteiger partial charge in [-0.3, -0.25) is 0 Å². The third-order valence-corrected chi connectivity index (χ3v) is 2.60. The lowest BCUT2D eigenvalue weighted by atomic mass is 10.3. The van der Waals surface area contributed by atoms with Gasteiger partial charge in [-0.1, -0.05) is 0 Å². The quantitative estimate of drug-likeness (QED) is 0.816. The first kappa shape index (κ1) is 11.3. The fraction of sp³-hybridized carbons (Fsp3) is 0.455. The lowest BCUT2D eigenvalue weighted by molar-refractivity contribution is 0.0690. The van der Waals surface area contributed by atoms with Gasteiger partial charge in [0.2, 0.25) is 0 Å². The fourth-order valence-corrected chi connectivity index (χ4v) is 1.62. The maximum absolute atomic E-state index is 10.6. The van der Waals surface area contributed by atoms with E-state index in [0.29, 0.717) is 24.8 Å². The van der Waals surface area contributed by atoms with Gasteiger partial charge in [0.15, 0.2) is 5.69 Å². The van der Waals surface area contributed by atoms with Crippen molar-refractivity contribution in [2.24, 2.45) is 0 Å². The first-order valence-corrected chi connectivity index (χ1v) is 5.41. The molecule has 0 unspecified atom stereocenters. The number of carboxylic acid groups (broad SMARTS) is 1. The van der Waals surface area contributed by atoms with E-state index < -0.39 is 5.97 Å². The molecule has 6 nitrogen and oxygen atoms in total. The summed E-state index contributed by atoms with van der Waals surface area (Å²) in [5, 5.41) is 17.3. The van der Waals surface area contributed by atoms with Crippen LogP contribution in [0.5, 0.6) is 0 Å². The van der Waals surface area contributed by atoms with Crippen LogP contribution in [0.1, 0.15) is 29.8 Å². The number of hydrogen-bond donors (Lipinski definition) is 1. The molecule has 0 atom stereocenters. The van der Waals surface area contributed by atoms with Crippen LogP contribution in [0.25, 0.3) is 0 Å². The zero-order valence-corrected chi connectivity index (χ0v) is 9.20. The van der Waals surface area contributed by atoms with Crippen molar-refractivity contribution in [2.75, 3.05) is 11.4 Å². The molecular weight excluding hydrogens is 220 g/mol. The van der Waals surface area contributed by atoms with Gasteiger partial charge in [-0.15, -0.1) is 0 Å². The molecule has 0 saturated heterocycles. The Labute approximate surface area is 98.5 Å². The molecular formula is C11H12N4O2. The molecule has 1 saturated carbocycles. The molecule has 1 fully saturated rings. The number of aromatic carboxylic acids is 1. The molecule has 0 radical (unpaired) electrons. The second-order valence-electron chi connectivity index (χ2n) is 3.90. The standard InChI is InChI=1S/C11H12N4O2/c12-4-1-5-15(8-2-3-8)10-7-13-9(6-14-10)11(16)17/h6-8H,1-3,5H2,(H,16,17). The predicted octanol–water partition coefficient (Wildman–Crippen LogP) is 1.06. The maximum atomic E-state index is 10.6. The summed E-state index contributed by atoms with van der Waals surface area (Å²) in [4.78, 5) is 20.6. The third kappa shape index (κ3) is 2.69. The van der Waals surface area contributed by atoms with E-state index in [9.17, 15) is 4.79 Å². The fourth-order valence-electron chi connectivity index (χ4n) is 1.62. The van der Waals surface area contributed by atoms with Gasteiger partial charge < -0.3 is 10.0 Å². The number of nitrogens with zero attached hydrogens (tertiary/aromatic N) is 4. The van der Waals surface area contributed by atoms with E-state index in [-0.39, 0.29) is 5.69 Å². The van der Waals surface area contributed by atoms with Gasteiger partial charge in [-0.25, -0.2) is 14.8 Å². The number of hydrogen-bond acceptors (Lipinski definition) is 5. The second kappa shape index (κ2) is 4.78. The minimum atomic E-state index is -1.08. The summed E-state index contributed by atoms with van der Waals surface area (Å²) in [5.41, 5.74) is -0.0650. The van der Waals surface area contributed by atoms with Crippen molar-refractivity contribution in [1.29, 1.82) is 5.26 Å². The Morgan fingerprint density at radius 2 is 2.29 bits per heavy atom. The molecule has 0 bridgehead atoms. The Morgan fingerprint density at radius 3 is 2.76 bits per heavy atom. The van der Waals surface area contributed by atoms with Crippen LogP contribution < -0.4 is 4.90 Å². The Bertz CT molecular complexity index is 448. The average Bonchev–Trinajstić information content (AvgIpc) is 3.14. The molecule has 6 heteroatoms. The largest absolute Gasteiger partial charge is 0.476 e. The lowest BCUT2D eigenvalue weighted by Crippen LogP contribution is -2.27. The zero-order chi connectivity index (χ0) is 12.3. The highest BCUT2D eigenvalue weighted by Gasteiger charge is 2.29. The first-order chi connectivity index (χ1) is 8.22. The highest BCUT2D eigenvalue weighted by atomic mass is 16.4. The molecule has 1 heterocycles. The number of rotatable bonds is 5. The van der Waals surface area contributed by atoms with E-state index in [1.54, 1.807) is 0 Å². The number of nitriles is 1. The molecule has 17 heavy (non-hydrogen) atoms. The lowest BCUT2D eigenvalue weighted by Gasteiger charge is -2.21. The number of carboxylic acids is 1. The van der Waals surface area contributed by atoms with Crippen LogP contribution in [0.15, 0.2) is 12.4 Å². The SMILES string of the molecule is N#CCCN(c1cnc(C(=O)O)cn1)C1CC1. The third-order valence-electron chi connectivity index (χ3n) is 2.60. The Hall–Kier alpha value is -2.16. The number of aromatic nitrogens is 2. The zero-order valence-electron chi connectivity index (χ0n) is 9.20. The normalized spacial score (nSPS) is 14.1. The maximum Gasteiger partial charge on any atom is 0.356 e. The molecule has 1 aliphatic rings. The van der Waals surface area contributed by atoms with Gasteiger partial charge in [0.1, 0.15) is 5.82 Å². The van der Waals surface area contributed by atoms with E-state index in [2.05, 4.69) is 16.0 Å². The summed E-state index contributed by atoms with van der Waals surface area (Å²) in [6, 6.07) is 2.52. The van der Waals surface area contributed by atoms with Crippen molar-refractivity contribution in [1.82, 2.24) is 9.97 Å². The molecule has 1 N–H and O–H groups in total. The van der Waals surface area contributed by atoms with Gasteiger partial charge in [0.25, 0.3) is 0 Å². The van der Waals surface area contributed by atoms with E-state index in [1.165, 1.54) is 12.4 Å². The van der Waals surface area contributed by atoms with Crippen molar-refractivity contribution in [3.8, 4) is 6.07 Å². The van der Waals surface area contributed by atoms with Gasteiger partial charge in [-0.05, 0) is 12.8 Å². The van der Waals surface area contributed by atoms with E-state index in [1.807, 2.05) is 4.90 Å². The first-order valence-electron chi connectivity index (χ1n) is 5.41. The Kier molecular flexibility index (Phi) is 3.19. The van der Waals surface area contributed by atoms with Crippen molar-refractivity contribution in [2.45, 2.75) is 25.3 Å². The summed E-state index contributed by atoms with van der Waals surface area (Å²) in [5.74, 6) is -0.438. The van der Waals surface area contributed by atoms with Gasteiger partial charge in [0, 0.05) is 12.6 Å². The van der Waals surface area contributed by atoms with Gasteiger partial charge in [-0.2, -0.15) is 5.26 Å². The van der Waals surface area contributed by atoms with E-state index in [0.717, 1.165) is 12.8 Å². The smallest absolute Gasteiger partial charge is 0.356 e. The average molecular weight is 232 g/mol. The van der Waals surface area contributed by atoms with Crippen LogP contribution in [-0.4, -0.2) is 33.6 Å². The summed E-state index contributed by atoms with van der Waals surface area (Å²) in [6.07, 6.45) is 5.32. The van der Waals surface area contributed by atoms with Crippen LogP contribution >= 0.6 is 0 Å². The molecule has 2 rings (SSSR count). The highest BCUT2D eigenvalue weighted by Crippen LogP contribution is 2.30. The van der Waals surface area contributed by atoms with E-state index in [4.69, 9.17) is 10.4 Å². The highest BCUT2D eigenvalue weighted by molar-refractivity contribution is 5.84. The molecule has 1 aromatic heterocycles. The minimum absolute atomic E-state index is 0.0650. The molecule has 1 aliphatic carbocycles. The summed E-state index contributed by atoms with van der Waals surface area (Å²) < 4.78 is 0. The molecule has 0 aliphatic heterocycles. The van der Waals surface area contributed by atoms with Crippen molar-refractivity contribution >= 4 is 11.8 Å². The summed E-state index contributed by atoms with van der Waals surface area (Å²) in [6.45, 7) is 0.613. The molecule has 1 aromatic rings. The van der Waals surface area contributed by atoms with Crippen LogP contribution in [0.3, 0.4) is 0 Å². The van der Waals surface area contributed by atoms with Crippen LogP contribution in [0.4, 0.5) is 5.82 Å². The molecule has 88 valence electrons. The topological polar surface area (TPSA) is 90.1 Å². The van der Waals surface area contributed by atoms with Crippen LogP contribution in [0, 0.1) is 11.3 Å². The van der Waals surface area contributed by atoms with Crippen molar-refractivity contribution in [3.05, 3.63) is 18.1 Å².